The minimum Gasteiger partial charge on any atom is -0.339 e. The maximum Gasteiger partial charge on any atom is 0.258 e. The van der Waals surface area contributed by atoms with Gasteiger partial charge in [0.2, 0.25) is 0 Å². The van der Waals surface area contributed by atoms with Gasteiger partial charge in [-0.1, -0.05) is 46.1 Å². The quantitative estimate of drug-likeness (QED) is 0.832. The molecule has 1 aliphatic rings. The number of hydrogen-bond donors (Lipinski definition) is 1. The first-order valence-electron chi connectivity index (χ1n) is 10.3. The van der Waals surface area contributed by atoms with E-state index in [1.165, 1.54) is 31.7 Å². The average Bonchev–Trinajstić information content (AvgIpc) is 2.73. The van der Waals surface area contributed by atoms with Crippen LogP contribution in [0.3, 0.4) is 0 Å². The second-order valence-corrected chi connectivity index (χ2v) is 8.79. The molecular formula is C23H30N4O2. The second-order valence-electron chi connectivity index (χ2n) is 8.79. The molecule has 1 saturated carbocycles. The summed E-state index contributed by atoms with van der Waals surface area (Å²) < 4.78 is 0. The lowest BCUT2D eigenvalue weighted by Crippen LogP contribution is -2.38. The van der Waals surface area contributed by atoms with Gasteiger partial charge in [0.05, 0.1) is 5.56 Å². The van der Waals surface area contributed by atoms with Crippen molar-refractivity contribution in [2.75, 3.05) is 12.4 Å². The molecule has 0 radical (unpaired) electrons. The molecule has 0 spiro atoms. The van der Waals surface area contributed by atoms with Gasteiger partial charge in [-0.3, -0.25) is 9.59 Å². The van der Waals surface area contributed by atoms with Crippen molar-refractivity contribution in [2.45, 2.75) is 64.3 Å². The number of aromatic nitrogens is 2. The van der Waals surface area contributed by atoms with Crippen molar-refractivity contribution in [1.29, 1.82) is 0 Å². The first-order valence-corrected chi connectivity index (χ1v) is 10.3. The van der Waals surface area contributed by atoms with E-state index in [0.29, 0.717) is 28.7 Å². The summed E-state index contributed by atoms with van der Waals surface area (Å²) in [6.45, 7) is 6.07. The third-order valence-electron chi connectivity index (χ3n) is 5.40. The minimum atomic E-state index is -0.296. The fourth-order valence-corrected chi connectivity index (χ4v) is 3.60. The summed E-state index contributed by atoms with van der Waals surface area (Å²) in [5.74, 6) is 0.383. The van der Waals surface area contributed by atoms with Crippen LogP contribution in [0.25, 0.3) is 0 Å². The Morgan fingerprint density at radius 1 is 1.03 bits per heavy atom. The van der Waals surface area contributed by atoms with Gasteiger partial charge in [-0.2, -0.15) is 0 Å². The van der Waals surface area contributed by atoms with E-state index < -0.39 is 0 Å². The van der Waals surface area contributed by atoms with Crippen molar-refractivity contribution in [2.24, 2.45) is 0 Å². The van der Waals surface area contributed by atoms with E-state index in [1.807, 2.05) is 32.7 Å². The summed E-state index contributed by atoms with van der Waals surface area (Å²) in [6.07, 6.45) is 8.79. The third-order valence-corrected chi connectivity index (χ3v) is 5.40. The number of nitrogens with one attached hydrogen (secondary N) is 1. The molecule has 154 valence electrons. The molecule has 1 aromatic heterocycles. The zero-order valence-corrected chi connectivity index (χ0v) is 17.7. The van der Waals surface area contributed by atoms with Crippen LogP contribution >= 0.6 is 0 Å². The van der Waals surface area contributed by atoms with Crippen molar-refractivity contribution in [1.82, 2.24) is 14.9 Å². The molecule has 1 heterocycles. The van der Waals surface area contributed by atoms with Gasteiger partial charge in [-0.05, 0) is 31.0 Å². The van der Waals surface area contributed by atoms with Gasteiger partial charge in [-0.25, -0.2) is 9.97 Å². The lowest BCUT2D eigenvalue weighted by molar-refractivity contribution is 0.0696. The summed E-state index contributed by atoms with van der Waals surface area (Å²) >= 11 is 0. The Morgan fingerprint density at radius 3 is 2.31 bits per heavy atom. The molecule has 0 aliphatic heterocycles. The SMILES string of the molecule is CN(C(=O)c1cccc(NC(=O)c2cnc(C(C)(C)C)nc2)c1)C1CCCCC1. The molecule has 0 bridgehead atoms. The van der Waals surface area contributed by atoms with E-state index in [0.717, 1.165) is 12.8 Å². The third kappa shape index (κ3) is 5.19. The molecular weight excluding hydrogens is 364 g/mol. The van der Waals surface area contributed by atoms with Crippen LogP contribution in [-0.4, -0.2) is 39.8 Å². The topological polar surface area (TPSA) is 75.2 Å². The monoisotopic (exact) mass is 394 g/mol. The van der Waals surface area contributed by atoms with Crippen molar-refractivity contribution in [3.63, 3.8) is 0 Å². The molecule has 1 N–H and O–H groups in total. The summed E-state index contributed by atoms with van der Waals surface area (Å²) in [6, 6.07) is 7.38. The molecule has 0 saturated heterocycles. The van der Waals surface area contributed by atoms with Crippen LogP contribution in [-0.2, 0) is 5.41 Å². The first-order chi connectivity index (χ1) is 13.8. The molecule has 2 amide bonds. The number of nitrogens with zero attached hydrogens (tertiary/aromatic N) is 3. The second kappa shape index (κ2) is 8.72. The van der Waals surface area contributed by atoms with Gasteiger partial charge in [0.15, 0.2) is 0 Å². The average molecular weight is 395 g/mol. The molecule has 0 unspecified atom stereocenters. The molecule has 29 heavy (non-hydrogen) atoms. The largest absolute Gasteiger partial charge is 0.339 e. The van der Waals surface area contributed by atoms with Crippen molar-refractivity contribution < 1.29 is 9.59 Å². The summed E-state index contributed by atoms with van der Waals surface area (Å²) in [7, 11) is 1.87. The standard InChI is InChI=1S/C23H30N4O2/c1-23(2,3)22-24-14-17(15-25-22)20(28)26-18-10-8-9-16(13-18)21(29)27(4)19-11-6-5-7-12-19/h8-10,13-15,19H,5-7,11-12H2,1-4H3,(H,26,28). The van der Waals surface area contributed by atoms with Crippen LogP contribution < -0.4 is 5.32 Å². The molecule has 1 aromatic carbocycles. The number of rotatable bonds is 4. The van der Waals surface area contributed by atoms with E-state index >= 15 is 0 Å². The Hall–Kier alpha value is -2.76. The number of carbonyl (C=O) groups is 2. The minimum absolute atomic E-state index is 0.00846. The molecule has 2 aromatic rings. The van der Waals surface area contributed by atoms with E-state index in [2.05, 4.69) is 15.3 Å². The molecule has 6 heteroatoms. The number of amides is 2. The van der Waals surface area contributed by atoms with Crippen molar-refractivity contribution in [3.05, 3.63) is 53.6 Å². The lowest BCUT2D eigenvalue weighted by Gasteiger charge is -2.31. The molecule has 3 rings (SSSR count). The van der Waals surface area contributed by atoms with Crippen LogP contribution in [0.4, 0.5) is 5.69 Å². The predicted molar refractivity (Wildman–Crippen MR) is 114 cm³/mol. The maximum absolute atomic E-state index is 12.9. The Balaban J connectivity index is 1.69. The van der Waals surface area contributed by atoms with Gasteiger partial charge < -0.3 is 10.2 Å². The Bertz CT molecular complexity index is 865. The first kappa shape index (κ1) is 21.0. The number of benzene rings is 1. The van der Waals surface area contributed by atoms with Gasteiger partial charge >= 0.3 is 0 Å². The Kier molecular flexibility index (Phi) is 6.30. The maximum atomic E-state index is 12.9. The highest BCUT2D eigenvalue weighted by Crippen LogP contribution is 2.24. The fourth-order valence-electron chi connectivity index (χ4n) is 3.60. The molecule has 0 atom stereocenters. The zero-order chi connectivity index (χ0) is 21.0. The summed E-state index contributed by atoms with van der Waals surface area (Å²) in [4.78, 5) is 35.9. The number of anilines is 1. The normalized spacial score (nSPS) is 15.0. The number of hydrogen-bond acceptors (Lipinski definition) is 4. The lowest BCUT2D eigenvalue weighted by atomic mass is 9.94. The van der Waals surface area contributed by atoms with Crippen molar-refractivity contribution in [3.8, 4) is 0 Å². The van der Waals surface area contributed by atoms with Crippen LogP contribution in [0.5, 0.6) is 0 Å². The summed E-state index contributed by atoms with van der Waals surface area (Å²) in [5.41, 5.74) is 1.37. The van der Waals surface area contributed by atoms with Crippen LogP contribution in [0.2, 0.25) is 0 Å². The Labute approximate surface area is 172 Å². The smallest absolute Gasteiger partial charge is 0.258 e. The van der Waals surface area contributed by atoms with Gasteiger partial charge in [0, 0.05) is 42.1 Å². The molecule has 1 aliphatic carbocycles. The van der Waals surface area contributed by atoms with E-state index in [-0.39, 0.29) is 17.2 Å². The predicted octanol–water partition coefficient (Wildman–Crippen LogP) is 4.43. The van der Waals surface area contributed by atoms with Crippen LogP contribution in [0.15, 0.2) is 36.7 Å². The van der Waals surface area contributed by atoms with Gasteiger partial charge in [-0.15, -0.1) is 0 Å². The summed E-state index contributed by atoms with van der Waals surface area (Å²) in [5, 5.41) is 2.84. The van der Waals surface area contributed by atoms with Gasteiger partial charge in [0.25, 0.3) is 11.8 Å². The van der Waals surface area contributed by atoms with E-state index in [1.54, 1.807) is 24.3 Å². The zero-order valence-electron chi connectivity index (χ0n) is 17.7. The highest BCUT2D eigenvalue weighted by Gasteiger charge is 2.23. The van der Waals surface area contributed by atoms with Gasteiger partial charge in [0.1, 0.15) is 5.82 Å². The fraction of sp³-hybridized carbons (Fsp3) is 0.478. The van der Waals surface area contributed by atoms with E-state index in [9.17, 15) is 9.59 Å². The number of carbonyl (C=O) groups excluding carboxylic acids is 2. The van der Waals surface area contributed by atoms with E-state index in [4.69, 9.17) is 0 Å². The molecule has 6 nitrogen and oxygen atoms in total. The van der Waals surface area contributed by atoms with Crippen LogP contribution in [0.1, 0.15) is 79.4 Å². The Morgan fingerprint density at radius 2 is 1.69 bits per heavy atom. The van der Waals surface area contributed by atoms with Crippen LogP contribution in [0, 0.1) is 0 Å². The highest BCUT2D eigenvalue weighted by molar-refractivity contribution is 6.04. The highest BCUT2D eigenvalue weighted by atomic mass is 16.2. The molecule has 1 fully saturated rings. The van der Waals surface area contributed by atoms with Crippen molar-refractivity contribution >= 4 is 17.5 Å².